The Morgan fingerprint density at radius 3 is 2.26 bits per heavy atom. The van der Waals surface area contributed by atoms with Crippen molar-refractivity contribution in [2.75, 3.05) is 6.61 Å². The molecule has 0 aliphatic heterocycles. The molecule has 0 bridgehead atoms. The molecule has 1 rings (SSSR count). The summed E-state index contributed by atoms with van der Waals surface area (Å²) < 4.78 is 5.90. The Hall–Kier alpha value is -1.51. The Morgan fingerprint density at radius 2 is 1.74 bits per heavy atom. The molecular weight excluding hydrogens is 236 g/mol. The van der Waals surface area contributed by atoms with Crippen LogP contribution in [0.5, 0.6) is 5.75 Å². The lowest BCUT2D eigenvalue weighted by molar-refractivity contribution is 0.263. The van der Waals surface area contributed by atoms with Gasteiger partial charge in [-0.3, -0.25) is 5.41 Å². The highest BCUT2D eigenvalue weighted by molar-refractivity contribution is 5.82. The highest BCUT2D eigenvalue weighted by Crippen LogP contribution is 2.31. The fourth-order valence-electron chi connectivity index (χ4n) is 1.76. The molecule has 3 nitrogen and oxygen atoms in total. The first kappa shape index (κ1) is 15.5. The van der Waals surface area contributed by atoms with Crippen LogP contribution in [0.1, 0.15) is 46.6 Å². The second-order valence-corrected chi connectivity index (χ2v) is 6.64. The van der Waals surface area contributed by atoms with Crippen molar-refractivity contribution in [2.45, 2.75) is 46.5 Å². The first-order valence-corrected chi connectivity index (χ1v) is 6.71. The zero-order chi connectivity index (χ0) is 14.7. The van der Waals surface area contributed by atoms with Crippen LogP contribution in [0.25, 0.3) is 0 Å². The predicted molar refractivity (Wildman–Crippen MR) is 80.9 cm³/mol. The number of hydrogen-bond acceptors (Lipinski definition) is 2. The molecule has 0 aliphatic carbocycles. The summed E-state index contributed by atoms with van der Waals surface area (Å²) in [6, 6.07) is 8.13. The lowest BCUT2D eigenvalue weighted by Gasteiger charge is -2.25. The van der Waals surface area contributed by atoms with E-state index in [0.717, 1.165) is 12.2 Å². The molecule has 3 N–H and O–H groups in total. The van der Waals surface area contributed by atoms with Gasteiger partial charge in [0.1, 0.15) is 5.75 Å². The maximum atomic E-state index is 7.54. The molecule has 0 saturated carbocycles. The molecule has 0 aromatic heterocycles. The van der Waals surface area contributed by atoms with Crippen LogP contribution in [0.4, 0.5) is 0 Å². The van der Waals surface area contributed by atoms with E-state index in [0.29, 0.717) is 6.61 Å². The van der Waals surface area contributed by atoms with E-state index in [2.05, 4.69) is 26.8 Å². The topological polar surface area (TPSA) is 59.1 Å². The molecular formula is C16H26N2O. The van der Waals surface area contributed by atoms with Crippen molar-refractivity contribution in [3.63, 3.8) is 0 Å². The number of nitrogens with two attached hydrogens (primary N) is 1. The molecule has 106 valence electrons. The van der Waals surface area contributed by atoms with E-state index in [4.69, 9.17) is 15.9 Å². The second kappa shape index (κ2) is 5.64. The van der Waals surface area contributed by atoms with Gasteiger partial charge in [0.25, 0.3) is 0 Å². The highest BCUT2D eigenvalue weighted by Gasteiger charge is 2.22. The first-order chi connectivity index (χ1) is 8.64. The smallest absolute Gasteiger partial charge is 0.123 e. The van der Waals surface area contributed by atoms with Crippen LogP contribution in [0.3, 0.4) is 0 Å². The SMILES string of the molecule is CC(C)(CCOc1ccccc1C(C)(C)C)C(=N)N. The summed E-state index contributed by atoms with van der Waals surface area (Å²) in [6.07, 6.45) is 0.737. The summed E-state index contributed by atoms with van der Waals surface area (Å²) in [5, 5.41) is 7.54. The number of rotatable bonds is 5. The third-order valence-corrected chi connectivity index (χ3v) is 3.41. The van der Waals surface area contributed by atoms with Crippen LogP contribution in [0, 0.1) is 10.8 Å². The van der Waals surface area contributed by atoms with Crippen molar-refractivity contribution in [2.24, 2.45) is 11.1 Å². The van der Waals surface area contributed by atoms with E-state index >= 15 is 0 Å². The number of ether oxygens (including phenoxy) is 1. The Kier molecular flexibility index (Phi) is 4.61. The third-order valence-electron chi connectivity index (χ3n) is 3.41. The van der Waals surface area contributed by atoms with E-state index in [1.165, 1.54) is 5.56 Å². The number of hydrogen-bond donors (Lipinski definition) is 2. The second-order valence-electron chi connectivity index (χ2n) is 6.64. The van der Waals surface area contributed by atoms with Crippen molar-refractivity contribution in [3.05, 3.63) is 29.8 Å². The zero-order valence-electron chi connectivity index (χ0n) is 12.7. The molecule has 0 atom stereocenters. The van der Waals surface area contributed by atoms with Gasteiger partial charge in [-0.05, 0) is 23.5 Å². The Labute approximate surface area is 116 Å². The molecule has 0 heterocycles. The van der Waals surface area contributed by atoms with Crippen molar-refractivity contribution < 1.29 is 4.74 Å². The van der Waals surface area contributed by atoms with Gasteiger partial charge in [-0.2, -0.15) is 0 Å². The van der Waals surface area contributed by atoms with Crippen molar-refractivity contribution in [1.29, 1.82) is 5.41 Å². The summed E-state index contributed by atoms with van der Waals surface area (Å²) in [4.78, 5) is 0. The van der Waals surface area contributed by atoms with Crippen LogP contribution in [0.15, 0.2) is 24.3 Å². The van der Waals surface area contributed by atoms with E-state index in [1.54, 1.807) is 0 Å². The minimum Gasteiger partial charge on any atom is -0.493 e. The number of para-hydroxylation sites is 1. The van der Waals surface area contributed by atoms with Crippen LogP contribution in [-0.4, -0.2) is 12.4 Å². The molecule has 1 aromatic carbocycles. The van der Waals surface area contributed by atoms with E-state index in [1.807, 2.05) is 32.0 Å². The van der Waals surface area contributed by atoms with Crippen LogP contribution >= 0.6 is 0 Å². The standard InChI is InChI=1S/C16H26N2O/c1-15(2,3)12-8-6-7-9-13(12)19-11-10-16(4,5)14(17)18/h6-9H,10-11H2,1-5H3,(H3,17,18). The van der Waals surface area contributed by atoms with Gasteiger partial charge < -0.3 is 10.5 Å². The fourth-order valence-corrected chi connectivity index (χ4v) is 1.76. The minimum atomic E-state index is -0.309. The van der Waals surface area contributed by atoms with Gasteiger partial charge in [0.05, 0.1) is 12.4 Å². The molecule has 19 heavy (non-hydrogen) atoms. The van der Waals surface area contributed by atoms with Gasteiger partial charge in [0.2, 0.25) is 0 Å². The molecule has 0 aliphatic rings. The van der Waals surface area contributed by atoms with Crippen LogP contribution < -0.4 is 10.5 Å². The largest absolute Gasteiger partial charge is 0.493 e. The lowest BCUT2D eigenvalue weighted by atomic mass is 9.86. The number of nitrogens with one attached hydrogen (secondary N) is 1. The first-order valence-electron chi connectivity index (χ1n) is 6.71. The van der Waals surface area contributed by atoms with Crippen molar-refractivity contribution in [1.82, 2.24) is 0 Å². The van der Waals surface area contributed by atoms with E-state index < -0.39 is 0 Å². The quantitative estimate of drug-likeness (QED) is 0.627. The fraction of sp³-hybridized carbons (Fsp3) is 0.562. The summed E-state index contributed by atoms with van der Waals surface area (Å²) >= 11 is 0. The summed E-state index contributed by atoms with van der Waals surface area (Å²) in [7, 11) is 0. The monoisotopic (exact) mass is 262 g/mol. The molecule has 0 spiro atoms. The lowest BCUT2D eigenvalue weighted by Crippen LogP contribution is -2.32. The van der Waals surface area contributed by atoms with Gasteiger partial charge in [-0.1, -0.05) is 52.8 Å². The Bertz CT molecular complexity index is 444. The van der Waals surface area contributed by atoms with E-state index in [-0.39, 0.29) is 16.7 Å². The van der Waals surface area contributed by atoms with E-state index in [9.17, 15) is 0 Å². The molecule has 0 saturated heterocycles. The number of amidine groups is 1. The van der Waals surface area contributed by atoms with Crippen LogP contribution in [0.2, 0.25) is 0 Å². The average Bonchev–Trinajstić information content (AvgIpc) is 2.27. The summed E-state index contributed by atoms with van der Waals surface area (Å²) in [5.74, 6) is 1.13. The molecule has 0 unspecified atom stereocenters. The van der Waals surface area contributed by atoms with Crippen LogP contribution in [-0.2, 0) is 5.41 Å². The van der Waals surface area contributed by atoms with Gasteiger partial charge in [0, 0.05) is 5.41 Å². The van der Waals surface area contributed by atoms with Crippen molar-refractivity contribution in [3.8, 4) is 5.75 Å². The average molecular weight is 262 g/mol. The minimum absolute atomic E-state index is 0.0622. The normalized spacial score (nSPS) is 12.3. The molecule has 0 radical (unpaired) electrons. The van der Waals surface area contributed by atoms with Gasteiger partial charge >= 0.3 is 0 Å². The maximum absolute atomic E-state index is 7.54. The van der Waals surface area contributed by atoms with Crippen molar-refractivity contribution >= 4 is 5.84 Å². The molecule has 3 heteroatoms. The number of benzene rings is 1. The predicted octanol–water partition coefficient (Wildman–Crippen LogP) is 3.72. The zero-order valence-corrected chi connectivity index (χ0v) is 12.7. The molecule has 0 fully saturated rings. The van der Waals surface area contributed by atoms with Gasteiger partial charge in [0.15, 0.2) is 0 Å². The highest BCUT2D eigenvalue weighted by atomic mass is 16.5. The Balaban J connectivity index is 2.72. The maximum Gasteiger partial charge on any atom is 0.123 e. The molecule has 0 amide bonds. The third kappa shape index (κ3) is 4.27. The summed E-state index contributed by atoms with van der Waals surface area (Å²) in [6.45, 7) is 11.0. The summed E-state index contributed by atoms with van der Waals surface area (Å²) in [5.41, 5.74) is 6.53. The molecule has 1 aromatic rings. The van der Waals surface area contributed by atoms with Gasteiger partial charge in [-0.15, -0.1) is 0 Å². The van der Waals surface area contributed by atoms with Gasteiger partial charge in [-0.25, -0.2) is 0 Å². The Morgan fingerprint density at radius 1 is 1.16 bits per heavy atom.